The molecule has 160 valence electrons. The Bertz CT molecular complexity index is 1280. The van der Waals surface area contributed by atoms with Gasteiger partial charge in [0.1, 0.15) is 0 Å². The molecule has 0 bridgehead atoms. The Morgan fingerprint density at radius 2 is 2.19 bits per heavy atom. The summed E-state index contributed by atoms with van der Waals surface area (Å²) in [5.74, 6) is 0.0772. The van der Waals surface area contributed by atoms with Gasteiger partial charge in [0.2, 0.25) is 0 Å². The number of benzene rings is 1. The lowest BCUT2D eigenvalue weighted by atomic mass is 10.1. The van der Waals surface area contributed by atoms with Gasteiger partial charge in [-0.1, -0.05) is 0 Å². The number of aryl methyl sites for hydroxylation is 2. The molecule has 4 heterocycles. The molecule has 1 aliphatic heterocycles. The van der Waals surface area contributed by atoms with E-state index in [1.165, 1.54) is 28.0 Å². The van der Waals surface area contributed by atoms with Gasteiger partial charge in [0, 0.05) is 42.1 Å². The van der Waals surface area contributed by atoms with Gasteiger partial charge in [-0.3, -0.25) is 9.78 Å². The van der Waals surface area contributed by atoms with Crippen LogP contribution in [-0.4, -0.2) is 47.1 Å². The van der Waals surface area contributed by atoms with Gasteiger partial charge in [0.25, 0.3) is 5.91 Å². The molecule has 7 heteroatoms. The predicted octanol–water partition coefficient (Wildman–Crippen LogP) is 5.39. The van der Waals surface area contributed by atoms with Crippen LogP contribution in [0.1, 0.15) is 33.8 Å². The number of carbonyl (C=O) groups is 1. The van der Waals surface area contributed by atoms with Crippen LogP contribution in [0.5, 0.6) is 0 Å². The molecule has 2 N–H and O–H groups in total. The first-order chi connectivity index (χ1) is 15.0. The van der Waals surface area contributed by atoms with Gasteiger partial charge in [0.05, 0.1) is 33.4 Å². The van der Waals surface area contributed by atoms with Crippen molar-refractivity contribution < 1.29 is 9.53 Å². The molecule has 0 aliphatic carbocycles. The summed E-state index contributed by atoms with van der Waals surface area (Å²) in [5.41, 5.74) is 6.42. The van der Waals surface area contributed by atoms with Gasteiger partial charge in [0.15, 0.2) is 0 Å². The van der Waals surface area contributed by atoms with Gasteiger partial charge in [-0.2, -0.15) is 0 Å². The van der Waals surface area contributed by atoms with Crippen molar-refractivity contribution in [1.29, 1.82) is 0 Å². The molecule has 31 heavy (non-hydrogen) atoms. The molecule has 1 aromatic carbocycles. The summed E-state index contributed by atoms with van der Waals surface area (Å²) in [6.45, 7) is 5.60. The lowest BCUT2D eigenvalue weighted by Crippen LogP contribution is -2.37. The maximum absolute atomic E-state index is 13.2. The van der Waals surface area contributed by atoms with Crippen molar-refractivity contribution >= 4 is 49.7 Å². The number of fused-ring (bicyclic) bond motifs is 2. The molecule has 0 spiro atoms. The van der Waals surface area contributed by atoms with Crippen LogP contribution < -0.4 is 5.32 Å². The minimum atomic E-state index is 0.0772. The quantitative estimate of drug-likeness (QED) is 0.442. The molecule has 0 saturated carbocycles. The van der Waals surface area contributed by atoms with Crippen molar-refractivity contribution in [2.75, 3.05) is 25.6 Å². The van der Waals surface area contributed by atoms with Crippen LogP contribution in [0.25, 0.3) is 21.1 Å². The van der Waals surface area contributed by atoms with Crippen molar-refractivity contribution in [3.63, 3.8) is 0 Å². The van der Waals surface area contributed by atoms with Crippen LogP contribution >= 0.6 is 11.3 Å². The van der Waals surface area contributed by atoms with Gasteiger partial charge in [-0.05, 0) is 62.6 Å². The number of hydrogen-bond acceptors (Lipinski definition) is 5. The lowest BCUT2D eigenvalue weighted by Gasteiger charge is -2.23. The zero-order valence-corrected chi connectivity index (χ0v) is 18.8. The molecule has 1 aliphatic rings. The molecule has 0 radical (unpaired) electrons. The minimum absolute atomic E-state index is 0.0772. The smallest absolute Gasteiger partial charge is 0.264 e. The van der Waals surface area contributed by atoms with Gasteiger partial charge in [-0.25, -0.2) is 0 Å². The fraction of sp³-hybridized carbons (Fsp3) is 0.333. The number of anilines is 2. The Balaban J connectivity index is 1.46. The first kappa shape index (κ1) is 20.0. The van der Waals surface area contributed by atoms with Crippen LogP contribution in [0.2, 0.25) is 0 Å². The fourth-order valence-corrected chi connectivity index (χ4v) is 5.49. The number of thiophene rings is 1. The van der Waals surface area contributed by atoms with E-state index < -0.39 is 0 Å². The van der Waals surface area contributed by atoms with E-state index >= 15 is 0 Å². The lowest BCUT2D eigenvalue weighted by molar-refractivity contribution is 0.0635. The average molecular weight is 435 g/mol. The summed E-state index contributed by atoms with van der Waals surface area (Å²) < 4.78 is 6.31. The van der Waals surface area contributed by atoms with Crippen molar-refractivity contribution in [3.05, 3.63) is 52.7 Å². The third kappa shape index (κ3) is 3.58. The number of ether oxygens (including phenoxy) is 1. The zero-order valence-electron chi connectivity index (χ0n) is 18.0. The summed E-state index contributed by atoms with van der Waals surface area (Å²) in [6.07, 6.45) is 3.81. The Morgan fingerprint density at radius 1 is 1.32 bits per heavy atom. The van der Waals surface area contributed by atoms with Crippen molar-refractivity contribution in [2.45, 2.75) is 32.7 Å². The van der Waals surface area contributed by atoms with Crippen molar-refractivity contribution in [1.82, 2.24) is 14.9 Å². The summed E-state index contributed by atoms with van der Waals surface area (Å²) >= 11 is 1.51. The van der Waals surface area contributed by atoms with Crippen molar-refractivity contribution in [3.8, 4) is 0 Å². The maximum atomic E-state index is 13.2. The van der Waals surface area contributed by atoms with Crippen LogP contribution in [0.3, 0.4) is 0 Å². The number of nitrogens with one attached hydrogen (secondary N) is 2. The molecule has 0 unspecified atom stereocenters. The second-order valence-corrected chi connectivity index (χ2v) is 9.25. The second-order valence-electron chi connectivity index (χ2n) is 8.19. The number of carbonyl (C=O) groups excluding carboxylic acids is 1. The summed E-state index contributed by atoms with van der Waals surface area (Å²) in [6, 6.07) is 10.4. The number of likely N-dealkylation sites (tertiary alicyclic amines) is 1. The number of aromatic nitrogens is 2. The molecule has 1 amide bonds. The van der Waals surface area contributed by atoms with E-state index in [-0.39, 0.29) is 11.9 Å². The SMILES string of the molecule is COC[C@@H]1CCCN1C(=O)c1cc2nccc(Nc3ccc4[nH]c(C)c(C)c4c3)c2s1. The third-order valence-corrected chi connectivity index (χ3v) is 7.35. The number of nitrogens with zero attached hydrogens (tertiary/aromatic N) is 2. The molecule has 5 rings (SSSR count). The van der Waals surface area contributed by atoms with Crippen molar-refractivity contribution in [2.24, 2.45) is 0 Å². The fourth-order valence-electron chi connectivity index (χ4n) is 4.45. The van der Waals surface area contributed by atoms with E-state index in [0.29, 0.717) is 6.61 Å². The maximum Gasteiger partial charge on any atom is 0.264 e. The second kappa shape index (κ2) is 7.98. The third-order valence-electron chi connectivity index (χ3n) is 6.21. The Labute approximate surface area is 185 Å². The van der Waals surface area contributed by atoms with Gasteiger partial charge >= 0.3 is 0 Å². The van der Waals surface area contributed by atoms with E-state index in [4.69, 9.17) is 4.74 Å². The number of rotatable bonds is 5. The topological polar surface area (TPSA) is 70.2 Å². The normalized spacial score (nSPS) is 16.5. The van der Waals surface area contributed by atoms with Gasteiger partial charge < -0.3 is 19.9 Å². The number of methoxy groups -OCH3 is 1. The number of hydrogen-bond donors (Lipinski definition) is 2. The molecule has 4 aromatic rings. The predicted molar refractivity (Wildman–Crippen MR) is 127 cm³/mol. The Hall–Kier alpha value is -2.90. The summed E-state index contributed by atoms with van der Waals surface area (Å²) in [7, 11) is 1.69. The largest absolute Gasteiger partial charge is 0.383 e. The first-order valence-electron chi connectivity index (χ1n) is 10.6. The van der Waals surface area contributed by atoms with E-state index in [9.17, 15) is 4.79 Å². The number of H-pyrrole nitrogens is 1. The van der Waals surface area contributed by atoms with Crippen LogP contribution in [0.4, 0.5) is 11.4 Å². The average Bonchev–Trinajstić information content (AvgIpc) is 3.47. The molecule has 3 aromatic heterocycles. The number of pyridine rings is 1. The van der Waals surface area contributed by atoms with E-state index in [1.807, 2.05) is 17.0 Å². The standard InChI is InChI=1S/C24H26N4O2S/c1-14-15(2)26-19-7-6-16(11-18(14)19)27-20-8-9-25-21-12-22(31-23(20)21)24(29)28-10-4-5-17(28)13-30-3/h6-9,11-12,17,26H,4-5,10,13H2,1-3H3,(H,25,27)/t17-/m0/s1. The highest BCUT2D eigenvalue weighted by molar-refractivity contribution is 7.21. The summed E-state index contributed by atoms with van der Waals surface area (Å²) in [5, 5.41) is 4.75. The molecular formula is C24H26N4O2S. The van der Waals surface area contributed by atoms with Crippen LogP contribution in [-0.2, 0) is 4.74 Å². The van der Waals surface area contributed by atoms with E-state index in [1.54, 1.807) is 13.3 Å². The van der Waals surface area contributed by atoms with Crippen LogP contribution in [0.15, 0.2) is 36.5 Å². The Kier molecular flexibility index (Phi) is 5.16. The Morgan fingerprint density at radius 3 is 3.03 bits per heavy atom. The number of aromatic amines is 1. The zero-order chi connectivity index (χ0) is 21.5. The molecule has 1 fully saturated rings. The number of amides is 1. The van der Waals surface area contributed by atoms with E-state index in [2.05, 4.69) is 47.3 Å². The molecule has 1 saturated heterocycles. The summed E-state index contributed by atoms with van der Waals surface area (Å²) in [4.78, 5) is 23.8. The van der Waals surface area contributed by atoms with E-state index in [0.717, 1.165) is 51.4 Å². The minimum Gasteiger partial charge on any atom is -0.383 e. The van der Waals surface area contributed by atoms with Gasteiger partial charge in [-0.15, -0.1) is 11.3 Å². The molecule has 6 nitrogen and oxygen atoms in total. The van der Waals surface area contributed by atoms with Crippen LogP contribution in [0, 0.1) is 13.8 Å². The highest BCUT2D eigenvalue weighted by atomic mass is 32.1. The monoisotopic (exact) mass is 434 g/mol. The highest BCUT2D eigenvalue weighted by Crippen LogP contribution is 2.35. The first-order valence-corrected chi connectivity index (χ1v) is 11.4. The molecular weight excluding hydrogens is 408 g/mol. The molecule has 1 atom stereocenters. The highest BCUT2D eigenvalue weighted by Gasteiger charge is 2.30.